The normalized spacial score (nSPS) is 14.8. The smallest absolute Gasteiger partial charge is 0.253 e. The number of carbonyl (C=O) groups excluding carboxylic acids is 1. The van der Waals surface area contributed by atoms with Crippen LogP contribution in [0.4, 0.5) is 0 Å². The molecule has 1 heterocycles. The molecule has 1 amide bonds. The Morgan fingerprint density at radius 2 is 1.76 bits per heavy atom. The minimum Gasteiger partial charge on any atom is -0.490 e. The summed E-state index contributed by atoms with van der Waals surface area (Å²) in [7, 11) is 0. The van der Waals surface area contributed by atoms with Crippen LogP contribution in [-0.2, 0) is 0 Å². The van der Waals surface area contributed by atoms with E-state index < -0.39 is 0 Å². The molecule has 0 aliphatic carbocycles. The number of piperidine rings is 1. The van der Waals surface area contributed by atoms with Crippen molar-refractivity contribution in [2.75, 3.05) is 39.4 Å². The van der Waals surface area contributed by atoms with Crippen molar-refractivity contribution in [1.29, 1.82) is 0 Å². The number of hydrogen-bond acceptors (Lipinski definition) is 4. The predicted octanol–water partition coefficient (Wildman–Crippen LogP) is 3.37. The Labute approximate surface area is 157 Å². The van der Waals surface area contributed by atoms with Crippen LogP contribution in [0.2, 0.25) is 0 Å². The van der Waals surface area contributed by atoms with Crippen LogP contribution < -0.4 is 14.8 Å². The summed E-state index contributed by atoms with van der Waals surface area (Å²) in [5.74, 6) is 2.10. The van der Waals surface area contributed by atoms with Gasteiger partial charge >= 0.3 is 0 Å². The van der Waals surface area contributed by atoms with Gasteiger partial charge in [0.2, 0.25) is 0 Å². The van der Waals surface area contributed by atoms with Crippen molar-refractivity contribution < 1.29 is 14.3 Å². The molecular weight excluding hydrogens is 340 g/mol. The van der Waals surface area contributed by atoms with E-state index in [0.717, 1.165) is 39.0 Å². The molecule has 0 spiro atoms. The molecular formula is C19H31ClN2O3. The molecule has 142 valence electrons. The summed E-state index contributed by atoms with van der Waals surface area (Å²) in [4.78, 5) is 14.7. The highest BCUT2D eigenvalue weighted by molar-refractivity contribution is 5.95. The van der Waals surface area contributed by atoms with Crippen molar-refractivity contribution in [2.45, 2.75) is 33.6 Å². The zero-order chi connectivity index (χ0) is 17.4. The molecule has 0 aromatic heterocycles. The van der Waals surface area contributed by atoms with Crippen molar-refractivity contribution in [3.05, 3.63) is 23.8 Å². The predicted molar refractivity (Wildman–Crippen MR) is 103 cm³/mol. The molecule has 1 aliphatic rings. The molecule has 2 rings (SSSR count). The Balaban J connectivity index is 0.00000312. The molecule has 0 radical (unpaired) electrons. The highest BCUT2D eigenvalue weighted by Gasteiger charge is 2.24. The summed E-state index contributed by atoms with van der Waals surface area (Å²) < 4.78 is 11.2. The molecule has 0 saturated carbocycles. The number of carbonyl (C=O) groups is 1. The molecule has 0 bridgehead atoms. The first-order valence-electron chi connectivity index (χ1n) is 9.09. The van der Waals surface area contributed by atoms with Gasteiger partial charge in [0.05, 0.1) is 13.2 Å². The van der Waals surface area contributed by atoms with Crippen molar-refractivity contribution in [2.24, 2.45) is 5.92 Å². The van der Waals surface area contributed by atoms with Crippen LogP contribution >= 0.6 is 12.4 Å². The Morgan fingerprint density at radius 3 is 2.36 bits per heavy atom. The van der Waals surface area contributed by atoms with Crippen LogP contribution in [0.15, 0.2) is 18.2 Å². The van der Waals surface area contributed by atoms with Crippen LogP contribution in [0.3, 0.4) is 0 Å². The lowest BCUT2D eigenvalue weighted by molar-refractivity contribution is 0.0689. The first-order chi connectivity index (χ1) is 11.7. The SMILES string of the molecule is CCNCC1CCN(C(=O)c2ccc(OCC)c(OCC)c2)CC1.Cl. The molecule has 1 saturated heterocycles. The van der Waals surface area contributed by atoms with Crippen molar-refractivity contribution >= 4 is 18.3 Å². The fourth-order valence-corrected chi connectivity index (χ4v) is 3.06. The number of likely N-dealkylation sites (tertiary alicyclic amines) is 1. The number of rotatable bonds is 8. The minimum atomic E-state index is 0. The Hall–Kier alpha value is -1.46. The Bertz CT molecular complexity index is 531. The van der Waals surface area contributed by atoms with Crippen molar-refractivity contribution in [1.82, 2.24) is 10.2 Å². The van der Waals surface area contributed by atoms with Crippen LogP contribution in [0, 0.1) is 5.92 Å². The monoisotopic (exact) mass is 370 g/mol. The number of halogens is 1. The average Bonchev–Trinajstić information content (AvgIpc) is 2.61. The maximum absolute atomic E-state index is 12.8. The number of benzene rings is 1. The molecule has 1 aromatic rings. The van der Waals surface area contributed by atoms with E-state index in [2.05, 4.69) is 12.2 Å². The van der Waals surface area contributed by atoms with Crippen LogP contribution in [-0.4, -0.2) is 50.2 Å². The molecule has 6 heteroatoms. The summed E-state index contributed by atoms with van der Waals surface area (Å²) >= 11 is 0. The van der Waals surface area contributed by atoms with Gasteiger partial charge in [0, 0.05) is 18.7 Å². The first-order valence-corrected chi connectivity index (χ1v) is 9.09. The molecule has 0 atom stereocenters. The largest absolute Gasteiger partial charge is 0.490 e. The second kappa shape index (κ2) is 11.2. The van der Waals surface area contributed by atoms with Gasteiger partial charge in [-0.2, -0.15) is 0 Å². The van der Waals surface area contributed by atoms with Gasteiger partial charge in [0.15, 0.2) is 11.5 Å². The van der Waals surface area contributed by atoms with E-state index in [1.165, 1.54) is 0 Å². The lowest BCUT2D eigenvalue weighted by atomic mass is 9.96. The molecule has 25 heavy (non-hydrogen) atoms. The average molecular weight is 371 g/mol. The Morgan fingerprint density at radius 1 is 1.12 bits per heavy atom. The maximum atomic E-state index is 12.8. The van der Waals surface area contributed by atoms with Gasteiger partial charge in [-0.1, -0.05) is 6.92 Å². The molecule has 5 nitrogen and oxygen atoms in total. The molecule has 1 aromatic carbocycles. The molecule has 1 aliphatic heterocycles. The van der Waals surface area contributed by atoms with Gasteiger partial charge in [-0.05, 0) is 63.9 Å². The second-order valence-electron chi connectivity index (χ2n) is 6.07. The van der Waals surface area contributed by atoms with Gasteiger partial charge in [0.1, 0.15) is 0 Å². The van der Waals surface area contributed by atoms with Crippen LogP contribution in [0.5, 0.6) is 11.5 Å². The van der Waals surface area contributed by atoms with E-state index in [0.29, 0.717) is 36.2 Å². The number of ether oxygens (including phenoxy) is 2. The number of nitrogens with one attached hydrogen (secondary N) is 1. The van der Waals surface area contributed by atoms with E-state index in [1.807, 2.05) is 36.9 Å². The maximum Gasteiger partial charge on any atom is 0.253 e. The summed E-state index contributed by atoms with van der Waals surface area (Å²) in [5.41, 5.74) is 0.673. The van der Waals surface area contributed by atoms with E-state index in [1.54, 1.807) is 0 Å². The third-order valence-electron chi connectivity index (χ3n) is 4.38. The van der Waals surface area contributed by atoms with Gasteiger partial charge < -0.3 is 19.7 Å². The highest BCUT2D eigenvalue weighted by Crippen LogP contribution is 2.29. The second-order valence-corrected chi connectivity index (χ2v) is 6.07. The van der Waals surface area contributed by atoms with Gasteiger partial charge in [-0.15, -0.1) is 12.4 Å². The van der Waals surface area contributed by atoms with E-state index in [9.17, 15) is 4.79 Å². The fraction of sp³-hybridized carbons (Fsp3) is 0.632. The number of nitrogens with zero attached hydrogens (tertiary/aromatic N) is 1. The molecule has 1 fully saturated rings. The van der Waals surface area contributed by atoms with E-state index in [-0.39, 0.29) is 18.3 Å². The van der Waals surface area contributed by atoms with E-state index in [4.69, 9.17) is 9.47 Å². The minimum absolute atomic E-state index is 0. The Kier molecular flexibility index (Phi) is 9.68. The highest BCUT2D eigenvalue weighted by atomic mass is 35.5. The fourth-order valence-electron chi connectivity index (χ4n) is 3.06. The van der Waals surface area contributed by atoms with Gasteiger partial charge in [-0.25, -0.2) is 0 Å². The zero-order valence-corrected chi connectivity index (χ0v) is 16.4. The number of amides is 1. The lowest BCUT2D eigenvalue weighted by Crippen LogP contribution is -2.40. The molecule has 1 N–H and O–H groups in total. The number of hydrogen-bond donors (Lipinski definition) is 1. The third kappa shape index (κ3) is 6.08. The summed E-state index contributed by atoms with van der Waals surface area (Å²) in [6.45, 7) is 10.8. The summed E-state index contributed by atoms with van der Waals surface area (Å²) in [5, 5.41) is 3.40. The van der Waals surface area contributed by atoms with Gasteiger partial charge in [-0.3, -0.25) is 4.79 Å². The summed E-state index contributed by atoms with van der Waals surface area (Å²) in [6.07, 6.45) is 2.13. The standard InChI is InChI=1S/C19H30N2O3.ClH/c1-4-20-14-15-9-11-21(12-10-15)19(22)16-7-8-17(23-5-2)18(13-16)24-6-3;/h7-8,13,15,20H,4-6,9-12,14H2,1-3H3;1H. The topological polar surface area (TPSA) is 50.8 Å². The van der Waals surface area contributed by atoms with Crippen LogP contribution in [0.1, 0.15) is 44.0 Å². The van der Waals surface area contributed by atoms with Crippen molar-refractivity contribution in [3.8, 4) is 11.5 Å². The lowest BCUT2D eigenvalue weighted by Gasteiger charge is -2.32. The summed E-state index contributed by atoms with van der Waals surface area (Å²) in [6, 6.07) is 5.47. The zero-order valence-electron chi connectivity index (χ0n) is 15.5. The van der Waals surface area contributed by atoms with Crippen molar-refractivity contribution in [3.63, 3.8) is 0 Å². The van der Waals surface area contributed by atoms with Crippen LogP contribution in [0.25, 0.3) is 0 Å². The van der Waals surface area contributed by atoms with E-state index >= 15 is 0 Å². The molecule has 0 unspecified atom stereocenters. The third-order valence-corrected chi connectivity index (χ3v) is 4.38. The quantitative estimate of drug-likeness (QED) is 0.762. The van der Waals surface area contributed by atoms with Gasteiger partial charge in [0.25, 0.3) is 5.91 Å². The first kappa shape index (κ1) is 21.6.